The molecule has 8 nitrogen and oxygen atoms in total. The average molecular weight is 542 g/mol. The second kappa shape index (κ2) is 9.75. The van der Waals surface area contributed by atoms with Crippen LogP contribution in [0.4, 0.5) is 23.2 Å². The third-order valence-electron chi connectivity index (χ3n) is 6.95. The van der Waals surface area contributed by atoms with E-state index in [1.165, 1.54) is 17.8 Å². The predicted octanol–water partition coefficient (Wildman–Crippen LogP) is 4.36. The second-order valence-corrected chi connectivity index (χ2v) is 11.2. The highest BCUT2D eigenvalue weighted by Crippen LogP contribution is 2.51. The number of nitrogens with zero attached hydrogens (tertiary/aromatic N) is 3. The minimum atomic E-state index is -2.72. The predicted molar refractivity (Wildman–Crippen MR) is 131 cm³/mol. The van der Waals surface area contributed by atoms with Gasteiger partial charge in [0.05, 0.1) is 37.1 Å². The van der Waals surface area contributed by atoms with Gasteiger partial charge in [-0.15, -0.1) is 0 Å². The zero-order valence-corrected chi connectivity index (χ0v) is 21.5. The van der Waals surface area contributed by atoms with Gasteiger partial charge >= 0.3 is 0 Å². The van der Waals surface area contributed by atoms with E-state index < -0.39 is 39.7 Å². The molecular weight excluding hydrogens is 514 g/mol. The van der Waals surface area contributed by atoms with Gasteiger partial charge in [-0.05, 0) is 19.9 Å². The number of halogens is 4. The molecule has 1 saturated carbocycles. The Labute approximate surface area is 215 Å². The SMILES string of the molecule is COC[C@@]1(C)SC(N)=N[C@](C)(c2cc(NC(=O)c3cnc(OCC4CC4(F)F)cn3)cc(F)c2F)[C@@H]1C. The van der Waals surface area contributed by atoms with Crippen molar-refractivity contribution in [3.8, 4) is 5.88 Å². The molecular formula is C24H27F4N5O3S. The highest BCUT2D eigenvalue weighted by Gasteiger charge is 2.57. The molecule has 0 bridgehead atoms. The monoisotopic (exact) mass is 541 g/mol. The maximum absolute atomic E-state index is 15.1. The van der Waals surface area contributed by atoms with E-state index in [1.54, 1.807) is 14.0 Å². The van der Waals surface area contributed by atoms with E-state index in [1.807, 2.05) is 13.8 Å². The molecule has 13 heteroatoms. The van der Waals surface area contributed by atoms with Crippen molar-refractivity contribution in [2.24, 2.45) is 22.6 Å². The fourth-order valence-electron chi connectivity index (χ4n) is 4.37. The summed E-state index contributed by atoms with van der Waals surface area (Å²) in [5.74, 6) is -6.95. The van der Waals surface area contributed by atoms with Crippen LogP contribution in [0.5, 0.6) is 5.88 Å². The molecule has 37 heavy (non-hydrogen) atoms. The van der Waals surface area contributed by atoms with Crippen molar-refractivity contribution >= 4 is 28.5 Å². The molecule has 2 aliphatic rings. The third kappa shape index (κ3) is 5.37. The van der Waals surface area contributed by atoms with Gasteiger partial charge in [-0.3, -0.25) is 9.79 Å². The lowest BCUT2D eigenvalue weighted by Gasteiger charge is -2.47. The molecule has 1 aliphatic carbocycles. The maximum atomic E-state index is 15.1. The first-order valence-electron chi connectivity index (χ1n) is 11.5. The first-order valence-corrected chi connectivity index (χ1v) is 12.3. The molecule has 0 spiro atoms. The molecule has 1 aliphatic heterocycles. The highest BCUT2D eigenvalue weighted by molar-refractivity contribution is 8.15. The fourth-order valence-corrected chi connectivity index (χ4v) is 5.67. The maximum Gasteiger partial charge on any atom is 0.275 e. The first kappa shape index (κ1) is 27.1. The van der Waals surface area contributed by atoms with Crippen LogP contribution in [-0.4, -0.2) is 52.0 Å². The van der Waals surface area contributed by atoms with Gasteiger partial charge in [-0.25, -0.2) is 27.5 Å². The van der Waals surface area contributed by atoms with E-state index in [4.69, 9.17) is 15.2 Å². The summed E-state index contributed by atoms with van der Waals surface area (Å²) in [6.07, 6.45) is 1.99. The van der Waals surface area contributed by atoms with Crippen molar-refractivity contribution in [1.29, 1.82) is 0 Å². The number of alkyl halides is 2. The Kier molecular flexibility index (Phi) is 7.14. The van der Waals surface area contributed by atoms with E-state index in [0.29, 0.717) is 6.61 Å². The third-order valence-corrected chi connectivity index (χ3v) is 8.19. The van der Waals surface area contributed by atoms with Crippen LogP contribution < -0.4 is 15.8 Å². The summed E-state index contributed by atoms with van der Waals surface area (Å²) < 4.78 is 65.7. The van der Waals surface area contributed by atoms with Crippen LogP contribution in [0, 0.1) is 23.5 Å². The number of carbonyl (C=O) groups is 1. The Morgan fingerprint density at radius 3 is 2.54 bits per heavy atom. The molecule has 4 atom stereocenters. The van der Waals surface area contributed by atoms with Gasteiger partial charge in [-0.2, -0.15) is 0 Å². The number of hydrogen-bond acceptors (Lipinski definition) is 8. The van der Waals surface area contributed by atoms with Gasteiger partial charge in [0.25, 0.3) is 11.8 Å². The number of anilines is 1. The smallest absolute Gasteiger partial charge is 0.275 e. The van der Waals surface area contributed by atoms with E-state index >= 15 is 4.39 Å². The zero-order chi connectivity index (χ0) is 27.2. The number of nitrogens with one attached hydrogen (secondary N) is 1. The zero-order valence-electron chi connectivity index (χ0n) is 20.6. The van der Waals surface area contributed by atoms with Crippen LogP contribution in [0.2, 0.25) is 0 Å². The molecule has 0 saturated heterocycles. The van der Waals surface area contributed by atoms with Gasteiger partial charge < -0.3 is 20.5 Å². The Morgan fingerprint density at radius 2 is 1.95 bits per heavy atom. The van der Waals surface area contributed by atoms with Crippen LogP contribution >= 0.6 is 11.8 Å². The van der Waals surface area contributed by atoms with Gasteiger partial charge in [0.1, 0.15) is 5.69 Å². The second-order valence-electron chi connectivity index (χ2n) is 9.65. The first-order chi connectivity index (χ1) is 17.3. The van der Waals surface area contributed by atoms with Gasteiger partial charge in [0.15, 0.2) is 16.8 Å². The number of ether oxygens (including phenoxy) is 2. The minimum Gasteiger partial charge on any atom is -0.476 e. The number of methoxy groups -OCH3 is 1. The molecule has 1 aromatic heterocycles. The lowest BCUT2D eigenvalue weighted by atomic mass is 9.74. The molecule has 1 fully saturated rings. The number of amidine groups is 1. The number of amides is 1. The number of nitrogens with two attached hydrogens (primary N) is 1. The molecule has 3 N–H and O–H groups in total. The van der Waals surface area contributed by atoms with Crippen LogP contribution in [0.3, 0.4) is 0 Å². The Morgan fingerprint density at radius 1 is 1.24 bits per heavy atom. The largest absolute Gasteiger partial charge is 0.476 e. The summed E-state index contributed by atoms with van der Waals surface area (Å²) in [7, 11) is 1.54. The molecule has 2 aromatic rings. The molecule has 2 heterocycles. The molecule has 0 radical (unpaired) electrons. The van der Waals surface area contributed by atoms with Crippen LogP contribution in [0.1, 0.15) is 43.2 Å². The Hall–Kier alpha value is -2.93. The topological polar surface area (TPSA) is 112 Å². The van der Waals surface area contributed by atoms with E-state index in [2.05, 4.69) is 20.3 Å². The standard InChI is InChI=1S/C24H27F4N5O3S/c1-12-22(2,11-35-4)37-21(29)33-23(12,3)15-5-14(6-16(25)19(15)26)32-20(34)17-8-31-18(9-30-17)36-10-13-7-24(13,27)28/h5-6,8-9,12-13H,7,10-11H2,1-4H3,(H2,29,33)(H,32,34)/t12-,13?,22-,23+/m1/s1. The number of rotatable bonds is 8. The molecule has 1 aromatic carbocycles. The Bertz CT molecular complexity index is 1230. The molecule has 1 unspecified atom stereocenters. The summed E-state index contributed by atoms with van der Waals surface area (Å²) in [5, 5.41) is 2.69. The number of carbonyl (C=O) groups excluding carboxylic acids is 1. The van der Waals surface area contributed by atoms with E-state index in [0.717, 1.165) is 18.5 Å². The van der Waals surface area contributed by atoms with Crippen LogP contribution in [0.25, 0.3) is 0 Å². The van der Waals surface area contributed by atoms with E-state index in [9.17, 15) is 18.0 Å². The number of aliphatic imine (C=N–C) groups is 1. The summed E-state index contributed by atoms with van der Waals surface area (Å²) in [6.45, 7) is 5.51. The number of benzene rings is 1. The van der Waals surface area contributed by atoms with Crippen molar-refractivity contribution in [3.63, 3.8) is 0 Å². The van der Waals surface area contributed by atoms with Gasteiger partial charge in [0, 0.05) is 41.5 Å². The summed E-state index contributed by atoms with van der Waals surface area (Å²) in [6, 6.07) is 2.16. The van der Waals surface area contributed by atoms with Crippen molar-refractivity contribution in [3.05, 3.63) is 47.4 Å². The lowest BCUT2D eigenvalue weighted by molar-refractivity contribution is 0.0849. The minimum absolute atomic E-state index is 0.0130. The van der Waals surface area contributed by atoms with Crippen molar-refractivity contribution in [1.82, 2.24) is 9.97 Å². The summed E-state index contributed by atoms with van der Waals surface area (Å²) in [4.78, 5) is 25.0. The van der Waals surface area contributed by atoms with Crippen LogP contribution in [-0.2, 0) is 10.3 Å². The fraction of sp³-hybridized carbons (Fsp3) is 0.500. The summed E-state index contributed by atoms with van der Waals surface area (Å²) >= 11 is 1.30. The molecule has 200 valence electrons. The lowest BCUT2D eigenvalue weighted by Crippen LogP contribution is -2.50. The quantitative estimate of drug-likeness (QED) is 0.478. The van der Waals surface area contributed by atoms with Crippen LogP contribution in [0.15, 0.2) is 29.5 Å². The number of hydrogen-bond donors (Lipinski definition) is 2. The van der Waals surface area contributed by atoms with Crippen molar-refractivity contribution in [2.45, 2.75) is 43.4 Å². The summed E-state index contributed by atoms with van der Waals surface area (Å²) in [5.41, 5.74) is 4.58. The normalized spacial score (nSPS) is 28.4. The van der Waals surface area contributed by atoms with Crippen molar-refractivity contribution in [2.75, 3.05) is 25.6 Å². The molecule has 1 amide bonds. The number of aromatic nitrogens is 2. The van der Waals surface area contributed by atoms with Crippen molar-refractivity contribution < 1.29 is 31.8 Å². The van der Waals surface area contributed by atoms with E-state index in [-0.39, 0.29) is 46.9 Å². The molecule has 4 rings (SSSR count). The van der Waals surface area contributed by atoms with Gasteiger partial charge in [-0.1, -0.05) is 18.7 Å². The number of thioether (sulfide) groups is 1. The Balaban J connectivity index is 1.55. The van der Waals surface area contributed by atoms with Gasteiger partial charge in [0.2, 0.25) is 5.88 Å². The average Bonchev–Trinajstić information content (AvgIpc) is 3.44. The highest BCUT2D eigenvalue weighted by atomic mass is 32.2.